The summed E-state index contributed by atoms with van der Waals surface area (Å²) in [6.45, 7) is 3.93. The van der Waals surface area contributed by atoms with Gasteiger partial charge in [-0.05, 0) is 48.7 Å². The van der Waals surface area contributed by atoms with Crippen LogP contribution in [-0.4, -0.2) is 12.2 Å². The lowest BCUT2D eigenvalue weighted by molar-refractivity contribution is 0.214. The van der Waals surface area contributed by atoms with Crippen molar-refractivity contribution in [1.29, 1.82) is 5.26 Å². The summed E-state index contributed by atoms with van der Waals surface area (Å²) in [4.78, 5) is 0. The number of hydrogen-bond acceptors (Lipinski definition) is 3. The van der Waals surface area contributed by atoms with Gasteiger partial charge in [-0.15, -0.1) is 0 Å². The Kier molecular flexibility index (Phi) is 4.07. The lowest BCUT2D eigenvalue weighted by Gasteiger charge is -2.18. The Morgan fingerprint density at radius 3 is 2.60 bits per heavy atom. The standard InChI is InChI=1S/C17H17NO2/c1-11-7-12(2)16(15(8-11)20-3)17(19)14-6-4-5-13(9-14)10-18/h4-9,17,19H,1-3H3. The van der Waals surface area contributed by atoms with Crippen LogP contribution in [0.3, 0.4) is 0 Å². The molecule has 0 spiro atoms. The summed E-state index contributed by atoms with van der Waals surface area (Å²) in [5.74, 6) is 0.664. The van der Waals surface area contributed by atoms with Gasteiger partial charge in [0.25, 0.3) is 0 Å². The summed E-state index contributed by atoms with van der Waals surface area (Å²) < 4.78 is 5.38. The first kappa shape index (κ1) is 14.1. The molecule has 2 aromatic rings. The average Bonchev–Trinajstić information content (AvgIpc) is 2.45. The van der Waals surface area contributed by atoms with Gasteiger partial charge in [0.15, 0.2) is 0 Å². The summed E-state index contributed by atoms with van der Waals surface area (Å²) in [5.41, 5.74) is 4.02. The molecule has 0 aliphatic carbocycles. The molecule has 0 radical (unpaired) electrons. The Labute approximate surface area is 119 Å². The number of nitriles is 1. The Morgan fingerprint density at radius 1 is 1.20 bits per heavy atom. The molecule has 0 aliphatic rings. The fraction of sp³-hybridized carbons (Fsp3) is 0.235. The van der Waals surface area contributed by atoms with Gasteiger partial charge in [-0.3, -0.25) is 0 Å². The van der Waals surface area contributed by atoms with Crippen molar-refractivity contribution >= 4 is 0 Å². The van der Waals surface area contributed by atoms with Gasteiger partial charge < -0.3 is 9.84 Å². The lowest BCUT2D eigenvalue weighted by Crippen LogP contribution is -2.05. The van der Waals surface area contributed by atoms with Crippen molar-refractivity contribution < 1.29 is 9.84 Å². The highest BCUT2D eigenvalue weighted by atomic mass is 16.5. The zero-order valence-electron chi connectivity index (χ0n) is 11.8. The van der Waals surface area contributed by atoms with Gasteiger partial charge in [-0.2, -0.15) is 5.26 Å². The quantitative estimate of drug-likeness (QED) is 0.928. The highest BCUT2D eigenvalue weighted by Crippen LogP contribution is 2.33. The van der Waals surface area contributed by atoms with E-state index in [2.05, 4.69) is 6.07 Å². The molecule has 0 heterocycles. The molecule has 3 nitrogen and oxygen atoms in total. The summed E-state index contributed by atoms with van der Waals surface area (Å²) in [6.07, 6.45) is -0.807. The van der Waals surface area contributed by atoms with Crippen molar-refractivity contribution in [2.24, 2.45) is 0 Å². The van der Waals surface area contributed by atoms with Crippen LogP contribution in [0.25, 0.3) is 0 Å². The fourth-order valence-corrected chi connectivity index (χ4v) is 2.40. The molecule has 0 saturated carbocycles. The maximum Gasteiger partial charge on any atom is 0.125 e. The minimum Gasteiger partial charge on any atom is -0.496 e. The first-order valence-electron chi connectivity index (χ1n) is 6.40. The molecule has 0 fully saturated rings. The number of nitrogens with zero attached hydrogens (tertiary/aromatic N) is 1. The number of aryl methyl sites for hydroxylation is 2. The monoisotopic (exact) mass is 267 g/mol. The molecule has 0 aliphatic heterocycles. The molecule has 2 rings (SSSR count). The van der Waals surface area contributed by atoms with E-state index < -0.39 is 6.10 Å². The van der Waals surface area contributed by atoms with E-state index in [1.165, 1.54) is 0 Å². The van der Waals surface area contributed by atoms with E-state index >= 15 is 0 Å². The molecule has 1 N–H and O–H groups in total. The molecule has 102 valence electrons. The Morgan fingerprint density at radius 2 is 1.95 bits per heavy atom. The van der Waals surface area contributed by atoms with Crippen LogP contribution in [0.15, 0.2) is 36.4 Å². The predicted molar refractivity (Wildman–Crippen MR) is 77.7 cm³/mol. The van der Waals surface area contributed by atoms with Gasteiger partial charge in [0.2, 0.25) is 0 Å². The normalized spacial score (nSPS) is 11.8. The van der Waals surface area contributed by atoms with Gasteiger partial charge in [0.05, 0.1) is 18.7 Å². The highest BCUT2D eigenvalue weighted by Gasteiger charge is 2.18. The van der Waals surface area contributed by atoms with E-state index in [0.29, 0.717) is 16.9 Å². The smallest absolute Gasteiger partial charge is 0.125 e. The number of benzene rings is 2. The maximum absolute atomic E-state index is 10.6. The molecule has 2 aromatic carbocycles. The minimum absolute atomic E-state index is 0.533. The Balaban J connectivity index is 2.53. The molecule has 0 saturated heterocycles. The maximum atomic E-state index is 10.6. The van der Waals surface area contributed by atoms with E-state index in [-0.39, 0.29) is 0 Å². The second kappa shape index (κ2) is 5.77. The average molecular weight is 267 g/mol. The lowest BCUT2D eigenvalue weighted by atomic mass is 9.94. The zero-order valence-corrected chi connectivity index (χ0v) is 11.8. The van der Waals surface area contributed by atoms with Crippen LogP contribution >= 0.6 is 0 Å². The largest absolute Gasteiger partial charge is 0.496 e. The highest BCUT2D eigenvalue weighted by molar-refractivity contribution is 5.48. The van der Waals surface area contributed by atoms with Gasteiger partial charge in [0.1, 0.15) is 11.9 Å². The van der Waals surface area contributed by atoms with Crippen LogP contribution < -0.4 is 4.74 Å². The van der Waals surface area contributed by atoms with Crippen molar-refractivity contribution in [1.82, 2.24) is 0 Å². The number of ether oxygens (including phenoxy) is 1. The molecule has 1 unspecified atom stereocenters. The van der Waals surface area contributed by atoms with E-state index in [0.717, 1.165) is 16.7 Å². The molecule has 20 heavy (non-hydrogen) atoms. The number of methoxy groups -OCH3 is 1. The molecule has 3 heteroatoms. The van der Waals surface area contributed by atoms with Crippen LogP contribution in [0.1, 0.15) is 33.9 Å². The third kappa shape index (κ3) is 2.66. The van der Waals surface area contributed by atoms with Crippen LogP contribution in [0, 0.1) is 25.2 Å². The second-order valence-electron chi connectivity index (χ2n) is 4.84. The Bertz CT molecular complexity index is 671. The van der Waals surface area contributed by atoms with Crippen molar-refractivity contribution in [2.45, 2.75) is 20.0 Å². The summed E-state index contributed by atoms with van der Waals surface area (Å²) in [6, 6.07) is 13.0. The van der Waals surface area contributed by atoms with Crippen molar-refractivity contribution in [3.63, 3.8) is 0 Å². The third-order valence-corrected chi connectivity index (χ3v) is 3.32. The third-order valence-electron chi connectivity index (χ3n) is 3.32. The van der Waals surface area contributed by atoms with E-state index in [9.17, 15) is 5.11 Å². The van der Waals surface area contributed by atoms with Crippen LogP contribution in [0.2, 0.25) is 0 Å². The van der Waals surface area contributed by atoms with Crippen LogP contribution in [-0.2, 0) is 0 Å². The van der Waals surface area contributed by atoms with E-state index in [1.54, 1.807) is 25.3 Å². The second-order valence-corrected chi connectivity index (χ2v) is 4.84. The number of hydrogen-bond donors (Lipinski definition) is 1. The first-order chi connectivity index (χ1) is 9.56. The van der Waals surface area contributed by atoms with Crippen molar-refractivity contribution in [2.75, 3.05) is 7.11 Å². The number of aliphatic hydroxyl groups is 1. The zero-order chi connectivity index (χ0) is 14.7. The number of aliphatic hydroxyl groups excluding tert-OH is 1. The molecule has 0 amide bonds. The van der Waals surface area contributed by atoms with Gasteiger partial charge in [-0.25, -0.2) is 0 Å². The predicted octanol–water partition coefficient (Wildman–Crippen LogP) is 3.27. The van der Waals surface area contributed by atoms with Gasteiger partial charge >= 0.3 is 0 Å². The molecule has 0 bridgehead atoms. The molecular weight excluding hydrogens is 250 g/mol. The van der Waals surface area contributed by atoms with Gasteiger partial charge in [-0.1, -0.05) is 18.2 Å². The molecule has 0 aromatic heterocycles. The van der Waals surface area contributed by atoms with Crippen molar-refractivity contribution in [3.05, 3.63) is 64.2 Å². The SMILES string of the molecule is COc1cc(C)cc(C)c1C(O)c1cccc(C#N)c1. The van der Waals surface area contributed by atoms with Crippen LogP contribution in [0.5, 0.6) is 5.75 Å². The minimum atomic E-state index is -0.807. The fourth-order valence-electron chi connectivity index (χ4n) is 2.40. The van der Waals surface area contributed by atoms with Crippen LogP contribution in [0.4, 0.5) is 0 Å². The van der Waals surface area contributed by atoms with E-state index in [1.807, 2.05) is 32.0 Å². The summed E-state index contributed by atoms with van der Waals surface area (Å²) in [7, 11) is 1.59. The Hall–Kier alpha value is -2.31. The van der Waals surface area contributed by atoms with E-state index in [4.69, 9.17) is 10.00 Å². The molecular formula is C17H17NO2. The topological polar surface area (TPSA) is 53.2 Å². The first-order valence-corrected chi connectivity index (χ1v) is 6.40. The summed E-state index contributed by atoms with van der Waals surface area (Å²) in [5, 5.41) is 19.6. The van der Waals surface area contributed by atoms with Gasteiger partial charge in [0, 0.05) is 5.56 Å². The summed E-state index contributed by atoms with van der Waals surface area (Å²) >= 11 is 0. The number of rotatable bonds is 3. The van der Waals surface area contributed by atoms with Crippen molar-refractivity contribution in [3.8, 4) is 11.8 Å². The molecule has 1 atom stereocenters.